The fourth-order valence-corrected chi connectivity index (χ4v) is 4.16. The summed E-state index contributed by atoms with van der Waals surface area (Å²) in [6.45, 7) is 5.78. The lowest BCUT2D eigenvalue weighted by atomic mass is 9.88. The third-order valence-corrected chi connectivity index (χ3v) is 5.23. The van der Waals surface area contributed by atoms with Gasteiger partial charge in [-0.2, -0.15) is 0 Å². The summed E-state index contributed by atoms with van der Waals surface area (Å²) in [5.74, 6) is 0.919. The molecule has 2 heteroatoms. The summed E-state index contributed by atoms with van der Waals surface area (Å²) in [7, 11) is 0. The van der Waals surface area contributed by atoms with E-state index in [-0.39, 0.29) is 0 Å². The van der Waals surface area contributed by atoms with E-state index in [1.807, 2.05) is 0 Å². The van der Waals surface area contributed by atoms with Crippen LogP contribution in [-0.2, 0) is 0 Å². The molecule has 0 bridgehead atoms. The molecule has 0 aromatic heterocycles. The zero-order valence-corrected chi connectivity index (χ0v) is 13.5. The first kappa shape index (κ1) is 14.9. The van der Waals surface area contributed by atoms with Crippen molar-refractivity contribution in [2.75, 3.05) is 24.5 Å². The van der Waals surface area contributed by atoms with E-state index in [0.29, 0.717) is 6.04 Å². The number of anilines is 1. The van der Waals surface area contributed by atoms with Crippen LogP contribution in [0.4, 0.5) is 5.69 Å². The van der Waals surface area contributed by atoms with Crippen LogP contribution in [0.1, 0.15) is 63.5 Å². The van der Waals surface area contributed by atoms with E-state index >= 15 is 0 Å². The average Bonchev–Trinajstić information content (AvgIpc) is 2.70. The third-order valence-electron chi connectivity index (χ3n) is 5.23. The number of hydrogen-bond donors (Lipinski definition) is 1. The summed E-state index contributed by atoms with van der Waals surface area (Å²) in [4.78, 5) is 2.68. The van der Waals surface area contributed by atoms with Crippen molar-refractivity contribution < 1.29 is 0 Å². The third kappa shape index (κ3) is 3.60. The van der Waals surface area contributed by atoms with E-state index in [1.165, 1.54) is 69.3 Å². The van der Waals surface area contributed by atoms with Gasteiger partial charge in [0.05, 0.1) is 0 Å². The van der Waals surface area contributed by atoms with Crippen molar-refractivity contribution in [2.24, 2.45) is 5.92 Å². The molecule has 0 spiro atoms. The van der Waals surface area contributed by atoms with Gasteiger partial charge in [0.15, 0.2) is 0 Å². The molecule has 1 heterocycles. The van der Waals surface area contributed by atoms with Crippen LogP contribution in [0.2, 0.25) is 0 Å². The number of benzene rings is 1. The summed E-state index contributed by atoms with van der Waals surface area (Å²) in [6.07, 6.45) is 9.80. The highest BCUT2D eigenvalue weighted by Gasteiger charge is 2.24. The smallest absolute Gasteiger partial charge is 0.0414 e. The van der Waals surface area contributed by atoms with Gasteiger partial charge in [0.2, 0.25) is 0 Å². The van der Waals surface area contributed by atoms with Gasteiger partial charge in [-0.15, -0.1) is 0 Å². The molecule has 2 aliphatic rings. The topological polar surface area (TPSA) is 15.3 Å². The molecule has 2 nitrogen and oxygen atoms in total. The Morgan fingerprint density at radius 3 is 2.67 bits per heavy atom. The van der Waals surface area contributed by atoms with Gasteiger partial charge in [-0.05, 0) is 49.8 Å². The molecule has 1 fully saturated rings. The highest BCUT2D eigenvalue weighted by molar-refractivity contribution is 5.56. The highest BCUT2D eigenvalue weighted by Crippen LogP contribution is 2.34. The second-order valence-electron chi connectivity index (χ2n) is 6.76. The van der Waals surface area contributed by atoms with Crippen LogP contribution < -0.4 is 10.2 Å². The van der Waals surface area contributed by atoms with Crippen molar-refractivity contribution in [2.45, 2.75) is 57.9 Å². The van der Waals surface area contributed by atoms with Gasteiger partial charge in [-0.3, -0.25) is 0 Å². The minimum atomic E-state index is 0.544. The summed E-state index contributed by atoms with van der Waals surface area (Å²) in [5, 5.41) is 3.68. The Kier molecular flexibility index (Phi) is 5.18. The van der Waals surface area contributed by atoms with Crippen molar-refractivity contribution in [3.8, 4) is 0 Å². The molecule has 1 aliphatic heterocycles. The molecule has 21 heavy (non-hydrogen) atoms. The van der Waals surface area contributed by atoms with Crippen LogP contribution in [0, 0.1) is 5.92 Å². The van der Waals surface area contributed by atoms with Gasteiger partial charge in [-0.25, -0.2) is 0 Å². The lowest BCUT2D eigenvalue weighted by Gasteiger charge is -2.32. The van der Waals surface area contributed by atoms with Crippen molar-refractivity contribution in [1.82, 2.24) is 5.32 Å². The molecule has 1 aliphatic carbocycles. The van der Waals surface area contributed by atoms with Crippen molar-refractivity contribution >= 4 is 5.69 Å². The molecule has 1 aromatic carbocycles. The fourth-order valence-electron chi connectivity index (χ4n) is 4.16. The summed E-state index contributed by atoms with van der Waals surface area (Å²) in [5.41, 5.74) is 3.01. The fraction of sp³-hybridized carbons (Fsp3) is 0.684. The van der Waals surface area contributed by atoms with Crippen LogP contribution >= 0.6 is 0 Å². The number of nitrogens with one attached hydrogen (secondary N) is 1. The monoisotopic (exact) mass is 286 g/mol. The second-order valence-corrected chi connectivity index (χ2v) is 6.76. The Bertz CT molecular complexity index is 437. The van der Waals surface area contributed by atoms with Crippen molar-refractivity contribution in [1.29, 1.82) is 0 Å². The zero-order chi connectivity index (χ0) is 14.5. The Hall–Kier alpha value is -1.02. The summed E-state index contributed by atoms with van der Waals surface area (Å²) in [6, 6.07) is 9.63. The predicted octanol–water partition coefficient (Wildman–Crippen LogP) is 4.52. The van der Waals surface area contributed by atoms with Gasteiger partial charge in [-0.1, -0.05) is 44.4 Å². The Morgan fingerprint density at radius 1 is 1.05 bits per heavy atom. The van der Waals surface area contributed by atoms with Crippen molar-refractivity contribution in [3.05, 3.63) is 29.8 Å². The molecule has 116 valence electrons. The molecule has 1 unspecified atom stereocenters. The van der Waals surface area contributed by atoms with Gasteiger partial charge in [0, 0.05) is 24.8 Å². The molecule has 1 atom stereocenters. The number of hydrogen-bond acceptors (Lipinski definition) is 2. The zero-order valence-electron chi connectivity index (χ0n) is 13.5. The van der Waals surface area contributed by atoms with Crippen LogP contribution in [0.15, 0.2) is 24.3 Å². The normalized spacial score (nSPS) is 23.7. The van der Waals surface area contributed by atoms with Crippen LogP contribution in [0.3, 0.4) is 0 Å². The number of para-hydroxylation sites is 1. The van der Waals surface area contributed by atoms with E-state index in [4.69, 9.17) is 0 Å². The number of rotatable bonds is 4. The minimum Gasteiger partial charge on any atom is -0.371 e. The maximum Gasteiger partial charge on any atom is 0.0414 e. The molecular formula is C19H30N2. The Labute approximate surface area is 129 Å². The standard InChI is InChI=1S/C19H30N2/c1-2-20-18-12-8-14-21(15-16-9-4-3-5-10-16)19-13-7-6-11-17(18)19/h6-7,11,13,16,18,20H,2-5,8-10,12,14-15H2,1H3. The van der Waals surface area contributed by atoms with E-state index in [9.17, 15) is 0 Å². The Balaban J connectivity index is 1.78. The number of nitrogens with zero attached hydrogens (tertiary/aromatic N) is 1. The largest absolute Gasteiger partial charge is 0.371 e. The minimum absolute atomic E-state index is 0.544. The molecule has 1 aromatic rings. The first-order chi connectivity index (χ1) is 10.4. The molecule has 0 radical (unpaired) electrons. The quantitative estimate of drug-likeness (QED) is 0.875. The van der Waals surface area contributed by atoms with Crippen LogP contribution in [0.5, 0.6) is 0 Å². The Morgan fingerprint density at radius 2 is 1.86 bits per heavy atom. The summed E-state index contributed by atoms with van der Waals surface area (Å²) >= 11 is 0. The first-order valence-corrected chi connectivity index (χ1v) is 8.95. The van der Waals surface area contributed by atoms with E-state index in [0.717, 1.165) is 12.5 Å². The van der Waals surface area contributed by atoms with Gasteiger partial charge < -0.3 is 10.2 Å². The molecular weight excluding hydrogens is 256 g/mol. The van der Waals surface area contributed by atoms with Gasteiger partial charge in [0.25, 0.3) is 0 Å². The molecule has 3 rings (SSSR count). The number of fused-ring (bicyclic) bond motifs is 1. The lowest BCUT2D eigenvalue weighted by Crippen LogP contribution is -2.31. The van der Waals surface area contributed by atoms with Gasteiger partial charge in [0.1, 0.15) is 0 Å². The van der Waals surface area contributed by atoms with Crippen LogP contribution in [0.25, 0.3) is 0 Å². The lowest BCUT2D eigenvalue weighted by molar-refractivity contribution is 0.357. The van der Waals surface area contributed by atoms with Gasteiger partial charge >= 0.3 is 0 Å². The maximum atomic E-state index is 3.68. The predicted molar refractivity (Wildman–Crippen MR) is 90.9 cm³/mol. The average molecular weight is 286 g/mol. The van der Waals surface area contributed by atoms with Crippen molar-refractivity contribution in [3.63, 3.8) is 0 Å². The molecule has 1 saturated carbocycles. The second kappa shape index (κ2) is 7.31. The molecule has 0 amide bonds. The van der Waals surface area contributed by atoms with E-state index in [1.54, 1.807) is 0 Å². The highest BCUT2D eigenvalue weighted by atomic mass is 15.1. The molecule has 0 saturated heterocycles. The summed E-state index contributed by atoms with van der Waals surface area (Å²) < 4.78 is 0. The first-order valence-electron chi connectivity index (χ1n) is 8.95. The van der Waals surface area contributed by atoms with E-state index < -0.39 is 0 Å². The van der Waals surface area contributed by atoms with Crippen LogP contribution in [-0.4, -0.2) is 19.6 Å². The maximum absolute atomic E-state index is 3.68. The SMILES string of the molecule is CCNC1CCCN(CC2CCCCC2)c2ccccc21. The van der Waals surface area contributed by atoms with E-state index in [2.05, 4.69) is 41.4 Å². The molecule has 1 N–H and O–H groups in total.